The second-order valence-electron chi connectivity index (χ2n) is 9.13. The second kappa shape index (κ2) is 10.8. The highest BCUT2D eigenvalue weighted by atomic mass is 127. The molecule has 0 saturated carbocycles. The fourth-order valence-electron chi connectivity index (χ4n) is 3.58. The first-order valence-electron chi connectivity index (χ1n) is 11.1. The number of fused-ring (bicyclic) bond motifs is 1. The van der Waals surface area contributed by atoms with Crippen LogP contribution in [0.3, 0.4) is 0 Å². The topological polar surface area (TPSA) is 89.1 Å². The molecule has 0 fully saturated rings. The van der Waals surface area contributed by atoms with Gasteiger partial charge in [-0.15, -0.1) is 0 Å². The van der Waals surface area contributed by atoms with E-state index in [0.717, 1.165) is 31.3 Å². The number of nitrogens with zero attached hydrogens (tertiary/aromatic N) is 2. The van der Waals surface area contributed by atoms with Crippen LogP contribution in [0.25, 0.3) is 22.0 Å². The van der Waals surface area contributed by atoms with E-state index in [1.54, 1.807) is 6.20 Å². The minimum Gasteiger partial charge on any atom is -0.490 e. The highest BCUT2D eigenvalue weighted by molar-refractivity contribution is 14.1. The first-order chi connectivity index (χ1) is 16.7. The van der Waals surface area contributed by atoms with Crippen molar-refractivity contribution in [1.82, 2.24) is 20.5 Å². The molecule has 0 saturated heterocycles. The third kappa shape index (κ3) is 6.85. The molecule has 2 aromatic carbocycles. The molecular formula is C26H26ClIN4O3. The maximum Gasteiger partial charge on any atom is 0.408 e. The molecular weight excluding hydrogens is 579 g/mol. The van der Waals surface area contributed by atoms with Crippen LogP contribution in [0, 0.1) is 3.70 Å². The van der Waals surface area contributed by atoms with Crippen LogP contribution in [0.5, 0.6) is 5.75 Å². The summed E-state index contributed by atoms with van der Waals surface area (Å²) in [7, 11) is 0. The maximum atomic E-state index is 12.4. The van der Waals surface area contributed by atoms with Gasteiger partial charge in [-0.3, -0.25) is 5.10 Å². The van der Waals surface area contributed by atoms with Crippen molar-refractivity contribution >= 4 is 51.2 Å². The zero-order valence-electron chi connectivity index (χ0n) is 19.6. The Morgan fingerprint density at radius 1 is 1.17 bits per heavy atom. The van der Waals surface area contributed by atoms with Crippen molar-refractivity contribution in [1.29, 1.82) is 0 Å². The molecule has 182 valence electrons. The molecule has 0 aliphatic carbocycles. The van der Waals surface area contributed by atoms with Gasteiger partial charge in [-0.2, -0.15) is 5.10 Å². The summed E-state index contributed by atoms with van der Waals surface area (Å²) in [4.78, 5) is 16.8. The molecule has 0 spiro atoms. The van der Waals surface area contributed by atoms with E-state index in [2.05, 4.69) is 43.1 Å². The standard InChI is InChI=1S/C26H26ClIN4O3/c1-26(2,3)35-25(33)30-18(11-16-7-5-4-6-8-16)15-34-19-13-20(23(27)29-14-19)17-9-10-22-21(12-17)24(28)32-31-22/h4-10,12-14,18H,11,15H2,1-3H3,(H,30,33)(H,31,32)/t18-/m1/s1. The normalized spacial score (nSPS) is 12.4. The van der Waals surface area contributed by atoms with Crippen LogP contribution in [-0.4, -0.2) is 39.5 Å². The number of aromatic nitrogens is 3. The Morgan fingerprint density at radius 2 is 1.94 bits per heavy atom. The third-order valence-corrected chi connectivity index (χ3v) is 6.26. The van der Waals surface area contributed by atoms with Gasteiger partial charge in [-0.25, -0.2) is 9.78 Å². The molecule has 0 aliphatic rings. The monoisotopic (exact) mass is 604 g/mol. The van der Waals surface area contributed by atoms with Crippen LogP contribution < -0.4 is 10.1 Å². The summed E-state index contributed by atoms with van der Waals surface area (Å²) in [6.07, 6.45) is 1.68. The molecule has 4 rings (SSSR count). The van der Waals surface area contributed by atoms with Crippen molar-refractivity contribution in [3.05, 3.63) is 75.2 Å². The number of hydrogen-bond acceptors (Lipinski definition) is 5. The second-order valence-corrected chi connectivity index (χ2v) is 10.5. The number of pyridine rings is 1. The lowest BCUT2D eigenvalue weighted by Crippen LogP contribution is -2.43. The van der Waals surface area contributed by atoms with E-state index >= 15 is 0 Å². The lowest BCUT2D eigenvalue weighted by Gasteiger charge is -2.24. The Morgan fingerprint density at radius 3 is 2.69 bits per heavy atom. The highest BCUT2D eigenvalue weighted by Crippen LogP contribution is 2.32. The summed E-state index contributed by atoms with van der Waals surface area (Å²) in [5.74, 6) is 0.551. The smallest absolute Gasteiger partial charge is 0.408 e. The minimum absolute atomic E-state index is 0.232. The molecule has 0 bridgehead atoms. The first kappa shape index (κ1) is 25.2. The molecule has 4 aromatic rings. The van der Waals surface area contributed by atoms with Crippen molar-refractivity contribution in [2.24, 2.45) is 0 Å². The Balaban J connectivity index is 1.52. The predicted molar refractivity (Wildman–Crippen MR) is 146 cm³/mol. The number of rotatable bonds is 7. The summed E-state index contributed by atoms with van der Waals surface area (Å²) < 4.78 is 12.4. The zero-order chi connectivity index (χ0) is 25.0. The van der Waals surface area contributed by atoms with Gasteiger partial charge >= 0.3 is 6.09 Å². The maximum absolute atomic E-state index is 12.4. The summed E-state index contributed by atoms with van der Waals surface area (Å²) in [5.41, 5.74) is 3.10. The Labute approximate surface area is 222 Å². The summed E-state index contributed by atoms with van der Waals surface area (Å²) in [6, 6.07) is 17.4. The molecule has 0 aliphatic heterocycles. The minimum atomic E-state index is -0.592. The molecule has 7 nitrogen and oxygen atoms in total. The van der Waals surface area contributed by atoms with Gasteiger partial charge in [0.05, 0.1) is 17.8 Å². The number of halogens is 2. The van der Waals surface area contributed by atoms with Crippen LogP contribution in [0.4, 0.5) is 4.79 Å². The average Bonchev–Trinajstić information content (AvgIpc) is 3.18. The molecule has 0 unspecified atom stereocenters. The van der Waals surface area contributed by atoms with E-state index in [1.807, 2.05) is 75.4 Å². The number of aromatic amines is 1. The van der Waals surface area contributed by atoms with Gasteiger partial charge < -0.3 is 14.8 Å². The van der Waals surface area contributed by atoms with Crippen molar-refractivity contribution in [2.45, 2.75) is 38.8 Å². The predicted octanol–water partition coefficient (Wildman–Crippen LogP) is 6.40. The molecule has 2 N–H and O–H groups in total. The van der Waals surface area contributed by atoms with Gasteiger partial charge in [-0.05, 0) is 79.1 Å². The molecule has 0 radical (unpaired) electrons. The van der Waals surface area contributed by atoms with Gasteiger partial charge in [0.2, 0.25) is 0 Å². The molecule has 1 atom stereocenters. The summed E-state index contributed by atoms with van der Waals surface area (Å²) >= 11 is 8.62. The summed E-state index contributed by atoms with van der Waals surface area (Å²) in [6.45, 7) is 5.73. The Bertz CT molecular complexity index is 1320. The molecule has 2 aromatic heterocycles. The summed E-state index contributed by atoms with van der Waals surface area (Å²) in [5, 5.41) is 11.6. The largest absolute Gasteiger partial charge is 0.490 e. The van der Waals surface area contributed by atoms with Gasteiger partial charge in [0, 0.05) is 10.9 Å². The van der Waals surface area contributed by atoms with Crippen LogP contribution in [0.2, 0.25) is 5.15 Å². The van der Waals surface area contributed by atoms with E-state index in [0.29, 0.717) is 17.3 Å². The van der Waals surface area contributed by atoms with Crippen LogP contribution in [0.1, 0.15) is 26.3 Å². The van der Waals surface area contributed by atoms with E-state index in [9.17, 15) is 4.79 Å². The lowest BCUT2D eigenvalue weighted by atomic mass is 10.1. The van der Waals surface area contributed by atoms with Crippen molar-refractivity contribution in [3.63, 3.8) is 0 Å². The molecule has 35 heavy (non-hydrogen) atoms. The number of H-pyrrole nitrogens is 1. The number of hydrogen-bond donors (Lipinski definition) is 2. The number of amides is 1. The average molecular weight is 605 g/mol. The SMILES string of the molecule is CC(C)(C)OC(=O)N[C@@H](COc1cnc(Cl)c(-c2ccc3[nH]nc(I)c3c2)c1)Cc1ccccc1. The van der Waals surface area contributed by atoms with Crippen molar-refractivity contribution in [3.8, 4) is 16.9 Å². The van der Waals surface area contributed by atoms with Crippen molar-refractivity contribution < 1.29 is 14.3 Å². The van der Waals surface area contributed by atoms with E-state index < -0.39 is 11.7 Å². The Kier molecular flexibility index (Phi) is 7.81. The Hall–Kier alpha value is -2.85. The van der Waals surface area contributed by atoms with Gasteiger partial charge in [0.25, 0.3) is 0 Å². The van der Waals surface area contributed by atoms with Crippen LogP contribution in [-0.2, 0) is 11.2 Å². The van der Waals surface area contributed by atoms with Gasteiger partial charge in [0.1, 0.15) is 26.8 Å². The van der Waals surface area contributed by atoms with Crippen molar-refractivity contribution in [2.75, 3.05) is 6.61 Å². The van der Waals surface area contributed by atoms with Gasteiger partial charge in [0.15, 0.2) is 0 Å². The number of alkyl carbamates (subject to hydrolysis) is 1. The lowest BCUT2D eigenvalue weighted by molar-refractivity contribution is 0.0487. The van der Waals surface area contributed by atoms with E-state index in [1.165, 1.54) is 0 Å². The van der Waals surface area contributed by atoms with Gasteiger partial charge in [-0.1, -0.05) is 48.0 Å². The number of benzene rings is 2. The van der Waals surface area contributed by atoms with Crippen LogP contribution >= 0.6 is 34.2 Å². The fraction of sp³-hybridized carbons (Fsp3) is 0.269. The number of carbonyl (C=O) groups is 1. The first-order valence-corrected chi connectivity index (χ1v) is 12.6. The number of carbonyl (C=O) groups excluding carboxylic acids is 1. The third-order valence-electron chi connectivity index (χ3n) is 5.14. The fourth-order valence-corrected chi connectivity index (χ4v) is 4.36. The molecule has 2 heterocycles. The molecule has 9 heteroatoms. The highest BCUT2D eigenvalue weighted by Gasteiger charge is 2.21. The number of nitrogens with one attached hydrogen (secondary N) is 2. The zero-order valence-corrected chi connectivity index (χ0v) is 22.6. The quantitative estimate of drug-likeness (QED) is 0.188. The molecule has 1 amide bonds. The number of ether oxygens (including phenoxy) is 2. The van der Waals surface area contributed by atoms with Crippen LogP contribution in [0.15, 0.2) is 60.8 Å². The van der Waals surface area contributed by atoms with E-state index in [-0.39, 0.29) is 12.6 Å². The van der Waals surface area contributed by atoms with E-state index in [4.69, 9.17) is 21.1 Å².